The summed E-state index contributed by atoms with van der Waals surface area (Å²) in [5.74, 6) is -14.1. The van der Waals surface area contributed by atoms with Gasteiger partial charge in [-0.05, 0) is 75.5 Å². The molecule has 6 aliphatic heterocycles. The largest absolute Gasteiger partial charge is 0.443 e. The summed E-state index contributed by atoms with van der Waals surface area (Å²) in [7, 11) is 1.28. The number of hydrogen-bond acceptors (Lipinski definition) is 11. The third-order valence-electron chi connectivity index (χ3n) is 14.3. The molecule has 8 rings (SSSR count). The molecule has 2 saturated carbocycles. The van der Waals surface area contributed by atoms with E-state index in [0.717, 1.165) is 0 Å². The minimum Gasteiger partial charge on any atom is -0.352 e. The minimum atomic E-state index is -5.10. The highest BCUT2D eigenvalue weighted by molar-refractivity contribution is 5.77. The Morgan fingerprint density at radius 3 is 2.13 bits per heavy atom. The smallest absolute Gasteiger partial charge is 0.352 e. The molecule has 55 heavy (non-hydrogen) atoms. The van der Waals surface area contributed by atoms with E-state index >= 15 is 26.3 Å². The van der Waals surface area contributed by atoms with Gasteiger partial charge in [-0.3, -0.25) is 4.79 Å². The third kappa shape index (κ3) is 6.73. The van der Waals surface area contributed by atoms with Crippen molar-refractivity contribution in [3.63, 3.8) is 0 Å². The Hall–Kier alpha value is -1.35. The summed E-state index contributed by atoms with van der Waals surface area (Å²) < 4.78 is 126. The van der Waals surface area contributed by atoms with Crippen LogP contribution in [0.1, 0.15) is 92.9 Å². The highest BCUT2D eigenvalue weighted by Gasteiger charge is 2.77. The summed E-state index contributed by atoms with van der Waals surface area (Å²) >= 11 is 0. The third-order valence-corrected chi connectivity index (χ3v) is 14.3. The Morgan fingerprint density at radius 2 is 1.44 bits per heavy atom. The van der Waals surface area contributed by atoms with Crippen molar-refractivity contribution in [3.05, 3.63) is 0 Å². The van der Waals surface area contributed by atoms with Crippen LogP contribution >= 0.6 is 0 Å². The SMILES string of the molecule is COOC1(C)CC[C@@H]2C3[C@@H](O1)O[C@@](OCC(=O)NCCO[C@@]1(C(F)(F)F)O[C@@H]4O[C@]5(C)CC[C@H]6[C@H](C)CC[C@@H](C1C)[C@@]46OO5)(C(F)(F)F)[C@H](C)[C@@H]3CC[C@H]2C. The maximum absolute atomic E-state index is 15.2. The van der Waals surface area contributed by atoms with E-state index in [4.69, 9.17) is 48.0 Å². The van der Waals surface area contributed by atoms with E-state index in [2.05, 4.69) is 12.2 Å². The second-order valence-corrected chi connectivity index (χ2v) is 17.4. The van der Waals surface area contributed by atoms with Crippen LogP contribution in [-0.4, -0.2) is 86.5 Å². The Balaban J connectivity index is 1.04. The zero-order valence-electron chi connectivity index (χ0n) is 32.4. The molecule has 1 spiro atoms. The summed E-state index contributed by atoms with van der Waals surface area (Å²) in [6.07, 6.45) is -8.80. The highest BCUT2D eigenvalue weighted by Crippen LogP contribution is 2.65. The zero-order valence-corrected chi connectivity index (χ0v) is 32.4. The number of fused-ring (bicyclic) bond motifs is 2. The average molecular weight is 804 g/mol. The number of rotatable bonds is 9. The number of hydrogen-bond donors (Lipinski definition) is 1. The van der Waals surface area contributed by atoms with E-state index in [1.54, 1.807) is 13.8 Å². The Bertz CT molecular complexity index is 1430. The molecule has 2 aliphatic carbocycles. The lowest BCUT2D eigenvalue weighted by atomic mass is 9.57. The molecule has 0 aromatic rings. The Kier molecular flexibility index (Phi) is 11.0. The first-order valence-corrected chi connectivity index (χ1v) is 19.6. The predicted molar refractivity (Wildman–Crippen MR) is 175 cm³/mol. The van der Waals surface area contributed by atoms with Crippen molar-refractivity contribution < 1.29 is 79.1 Å². The first-order chi connectivity index (χ1) is 25.7. The lowest BCUT2D eigenvalue weighted by Crippen LogP contribution is -2.76. The molecule has 8 fully saturated rings. The van der Waals surface area contributed by atoms with Crippen LogP contribution < -0.4 is 5.32 Å². The molecular formula is C37H55F6NO11. The van der Waals surface area contributed by atoms with E-state index in [1.807, 2.05) is 6.92 Å². The second-order valence-electron chi connectivity index (χ2n) is 17.4. The van der Waals surface area contributed by atoms with Gasteiger partial charge in [0.1, 0.15) is 6.61 Å². The first-order valence-electron chi connectivity index (χ1n) is 19.6. The lowest BCUT2D eigenvalue weighted by Gasteiger charge is -2.62. The van der Waals surface area contributed by atoms with E-state index in [1.165, 1.54) is 21.0 Å². The van der Waals surface area contributed by atoms with Gasteiger partial charge in [0.15, 0.2) is 18.2 Å². The Labute approximate surface area is 317 Å². The molecule has 0 aromatic heterocycles. The van der Waals surface area contributed by atoms with Gasteiger partial charge in [-0.1, -0.05) is 34.1 Å². The van der Waals surface area contributed by atoms with Crippen molar-refractivity contribution >= 4 is 5.91 Å². The summed E-state index contributed by atoms with van der Waals surface area (Å²) in [6, 6.07) is 0. The van der Waals surface area contributed by atoms with Crippen LogP contribution in [0.3, 0.4) is 0 Å². The zero-order chi connectivity index (χ0) is 40.0. The van der Waals surface area contributed by atoms with Gasteiger partial charge in [0.2, 0.25) is 17.5 Å². The highest BCUT2D eigenvalue weighted by atomic mass is 19.4. The molecule has 1 N–H and O–H groups in total. The fourth-order valence-electron chi connectivity index (χ4n) is 11.4. The monoisotopic (exact) mass is 803 g/mol. The average Bonchev–Trinajstić information content (AvgIpc) is 3.41. The van der Waals surface area contributed by atoms with Crippen LogP contribution in [0.25, 0.3) is 0 Å². The number of halogens is 6. The lowest BCUT2D eigenvalue weighted by molar-refractivity contribution is -0.598. The van der Waals surface area contributed by atoms with Crippen LogP contribution in [0.5, 0.6) is 0 Å². The molecular weight excluding hydrogens is 748 g/mol. The van der Waals surface area contributed by atoms with Crippen molar-refractivity contribution in [3.8, 4) is 0 Å². The van der Waals surface area contributed by atoms with Crippen molar-refractivity contribution in [2.45, 2.75) is 147 Å². The standard InChI is InChI=1S/C37H55F6NO11/c1-19-8-10-24-21(3)34(36(38,39)40,50-29-28(24)23(19)12-14-31(5,49-29)53-46-7)48-18-27(45)44-16-17-47-35(37(41,42)43)22(4)26-11-9-20(2)25-13-15-32(6)51-30(52-35)33(25,26)55-54-32/h19-26,28-30H,8-18H2,1-7H3,(H,44,45)/t19-,20-,21-,22?,23+,24+,25+,26+,28?,29+,30+,31?,32+,33-,34-,35-/m1/s1. The summed E-state index contributed by atoms with van der Waals surface area (Å²) in [5, 5.41) is 2.34. The molecule has 6 saturated heterocycles. The summed E-state index contributed by atoms with van der Waals surface area (Å²) in [4.78, 5) is 35.0. The number of carbonyl (C=O) groups is 1. The fraction of sp³-hybridized carbons (Fsp3) is 0.973. The van der Waals surface area contributed by atoms with Gasteiger partial charge in [-0.15, -0.1) is 0 Å². The van der Waals surface area contributed by atoms with Crippen LogP contribution in [0.15, 0.2) is 0 Å². The molecule has 16 atom stereocenters. The summed E-state index contributed by atoms with van der Waals surface area (Å²) in [6.45, 7) is 7.79. The molecule has 18 heteroatoms. The molecule has 316 valence electrons. The molecule has 6 heterocycles. The van der Waals surface area contributed by atoms with Crippen LogP contribution in [0.2, 0.25) is 0 Å². The molecule has 1 amide bonds. The molecule has 12 nitrogen and oxygen atoms in total. The molecule has 3 unspecified atom stereocenters. The van der Waals surface area contributed by atoms with E-state index < -0.39 is 109 Å². The van der Waals surface area contributed by atoms with Gasteiger partial charge in [-0.25, -0.2) is 19.6 Å². The molecule has 8 aliphatic rings. The number of amides is 1. The molecule has 2 bridgehead atoms. The predicted octanol–water partition coefficient (Wildman–Crippen LogP) is 6.91. The normalized spacial score (nSPS) is 49.7. The van der Waals surface area contributed by atoms with Crippen LogP contribution in [-0.2, 0) is 52.8 Å². The Morgan fingerprint density at radius 1 is 0.745 bits per heavy atom. The minimum absolute atomic E-state index is 0.0132. The topological polar surface area (TPSA) is 121 Å². The van der Waals surface area contributed by atoms with E-state index in [9.17, 15) is 4.79 Å². The van der Waals surface area contributed by atoms with Crippen LogP contribution in [0, 0.1) is 53.3 Å². The summed E-state index contributed by atoms with van der Waals surface area (Å²) in [5.41, 5.74) is -1.28. The molecule has 0 aromatic carbocycles. The maximum atomic E-state index is 15.2. The first kappa shape index (κ1) is 41.8. The van der Waals surface area contributed by atoms with Gasteiger partial charge < -0.3 is 33.7 Å². The number of alkyl halides is 6. The van der Waals surface area contributed by atoms with Crippen LogP contribution in [0.4, 0.5) is 26.3 Å². The van der Waals surface area contributed by atoms with E-state index in [0.29, 0.717) is 51.4 Å². The van der Waals surface area contributed by atoms with Gasteiger partial charge >= 0.3 is 12.4 Å². The van der Waals surface area contributed by atoms with Crippen molar-refractivity contribution in [2.75, 3.05) is 26.9 Å². The maximum Gasteiger partial charge on any atom is 0.443 e. The fourth-order valence-corrected chi connectivity index (χ4v) is 11.4. The quantitative estimate of drug-likeness (QED) is 0.113. The van der Waals surface area contributed by atoms with Gasteiger partial charge in [0.05, 0.1) is 13.7 Å². The second kappa shape index (κ2) is 14.4. The number of ether oxygens (including phenoxy) is 6. The van der Waals surface area contributed by atoms with E-state index in [-0.39, 0.29) is 23.7 Å². The van der Waals surface area contributed by atoms with Gasteiger partial charge in [0.25, 0.3) is 11.6 Å². The molecule has 0 radical (unpaired) electrons. The van der Waals surface area contributed by atoms with Gasteiger partial charge in [0, 0.05) is 43.1 Å². The number of nitrogens with one attached hydrogen (secondary N) is 1. The van der Waals surface area contributed by atoms with Crippen molar-refractivity contribution in [2.24, 2.45) is 53.3 Å². The van der Waals surface area contributed by atoms with Crippen molar-refractivity contribution in [1.29, 1.82) is 0 Å². The van der Waals surface area contributed by atoms with Crippen molar-refractivity contribution in [1.82, 2.24) is 5.32 Å². The van der Waals surface area contributed by atoms with Gasteiger partial charge in [-0.2, -0.15) is 26.3 Å². The number of carbonyl (C=O) groups excluding carboxylic acids is 1.